The second kappa shape index (κ2) is 7.47. The van der Waals surface area contributed by atoms with Crippen LogP contribution in [0.15, 0.2) is 24.3 Å². The fourth-order valence-electron chi connectivity index (χ4n) is 4.05. The predicted octanol–water partition coefficient (Wildman–Crippen LogP) is 2.05. The highest BCUT2D eigenvalue weighted by molar-refractivity contribution is 6.30. The molecule has 1 saturated carbocycles. The molecule has 3 nitrogen and oxygen atoms in total. The van der Waals surface area contributed by atoms with E-state index in [1.807, 2.05) is 24.3 Å². The number of nitrogens with one attached hydrogen (secondary N) is 2. The third-order valence-corrected chi connectivity index (χ3v) is 5.55. The minimum absolute atomic E-state index is 0.166. The summed E-state index contributed by atoms with van der Waals surface area (Å²) < 4.78 is 0. The maximum atomic E-state index is 12.2. The molecule has 22 heavy (non-hydrogen) atoms. The number of carbonyl (C=O) groups excluding carboxylic acids is 1. The Bertz CT molecular complexity index is 502. The molecular weight excluding hydrogens is 296 g/mol. The van der Waals surface area contributed by atoms with Crippen molar-refractivity contribution in [2.24, 2.45) is 11.8 Å². The molecule has 120 valence electrons. The summed E-state index contributed by atoms with van der Waals surface area (Å²) in [6, 6.07) is 7.65. The number of hydrogen-bond acceptors (Lipinski definition) is 1. The third-order valence-electron chi connectivity index (χ3n) is 5.30. The van der Waals surface area contributed by atoms with Crippen molar-refractivity contribution >= 4 is 17.5 Å². The lowest BCUT2D eigenvalue weighted by atomic mass is 9.75. The second-order valence-electron chi connectivity index (χ2n) is 6.88. The van der Waals surface area contributed by atoms with Crippen LogP contribution in [0.1, 0.15) is 37.7 Å². The number of carbonyl (C=O) groups is 1. The summed E-state index contributed by atoms with van der Waals surface area (Å²) in [5, 5.41) is 3.77. The molecule has 0 bridgehead atoms. The molecule has 3 rings (SSSR count). The third kappa shape index (κ3) is 4.23. The number of piperidine rings is 1. The number of amides is 1. The molecule has 1 aliphatic carbocycles. The number of rotatable bonds is 4. The van der Waals surface area contributed by atoms with Gasteiger partial charge in [0.25, 0.3) is 5.91 Å². The van der Waals surface area contributed by atoms with Crippen molar-refractivity contribution in [1.82, 2.24) is 5.32 Å². The zero-order valence-electron chi connectivity index (χ0n) is 13.1. The molecule has 2 N–H and O–H groups in total. The molecule has 1 aliphatic heterocycles. The number of likely N-dealkylation sites (tertiary alicyclic amines) is 1. The van der Waals surface area contributed by atoms with Gasteiger partial charge in [0, 0.05) is 17.5 Å². The van der Waals surface area contributed by atoms with Gasteiger partial charge in [-0.05, 0) is 42.9 Å². The van der Waals surface area contributed by atoms with E-state index >= 15 is 0 Å². The van der Waals surface area contributed by atoms with Gasteiger partial charge in [-0.1, -0.05) is 36.6 Å². The van der Waals surface area contributed by atoms with Crippen LogP contribution in [0, 0.1) is 11.8 Å². The fourth-order valence-corrected chi connectivity index (χ4v) is 4.17. The average Bonchev–Trinajstić information content (AvgIpc) is 2.54. The van der Waals surface area contributed by atoms with E-state index in [2.05, 4.69) is 5.32 Å². The Morgan fingerprint density at radius 3 is 2.64 bits per heavy atom. The Morgan fingerprint density at radius 2 is 1.86 bits per heavy atom. The van der Waals surface area contributed by atoms with Gasteiger partial charge in [0.2, 0.25) is 0 Å². The van der Waals surface area contributed by atoms with Gasteiger partial charge in [-0.3, -0.25) is 4.79 Å². The highest BCUT2D eigenvalue weighted by atomic mass is 35.5. The van der Waals surface area contributed by atoms with Gasteiger partial charge in [-0.25, -0.2) is 0 Å². The van der Waals surface area contributed by atoms with Gasteiger partial charge in [-0.2, -0.15) is 0 Å². The molecule has 0 spiro atoms. The molecule has 0 radical (unpaired) electrons. The Labute approximate surface area is 138 Å². The lowest BCUT2D eigenvalue weighted by Crippen LogP contribution is -3.15. The summed E-state index contributed by atoms with van der Waals surface area (Å²) in [5.41, 5.74) is 1.10. The molecule has 1 heterocycles. The highest BCUT2D eigenvalue weighted by Crippen LogP contribution is 2.32. The summed E-state index contributed by atoms with van der Waals surface area (Å²) in [4.78, 5) is 13.6. The summed E-state index contributed by atoms with van der Waals surface area (Å²) >= 11 is 5.87. The van der Waals surface area contributed by atoms with E-state index in [0.29, 0.717) is 13.1 Å². The lowest BCUT2D eigenvalue weighted by molar-refractivity contribution is -0.902. The summed E-state index contributed by atoms with van der Waals surface area (Å²) in [7, 11) is 0. The molecule has 2 aliphatic rings. The van der Waals surface area contributed by atoms with Gasteiger partial charge in [0.05, 0.1) is 13.1 Å². The van der Waals surface area contributed by atoms with Crippen molar-refractivity contribution in [2.75, 3.05) is 19.6 Å². The number of hydrogen-bond donors (Lipinski definition) is 2. The van der Waals surface area contributed by atoms with Crippen LogP contribution >= 0.6 is 11.6 Å². The number of quaternary nitrogens is 1. The zero-order chi connectivity index (χ0) is 15.4. The van der Waals surface area contributed by atoms with Crippen LogP contribution in [0.3, 0.4) is 0 Å². The summed E-state index contributed by atoms with van der Waals surface area (Å²) in [5.74, 6) is 1.97. The molecular formula is C18H26ClN2O+. The van der Waals surface area contributed by atoms with Crippen molar-refractivity contribution in [3.05, 3.63) is 34.9 Å². The molecule has 1 aromatic rings. The SMILES string of the molecule is O=C(C[NH+]1CC[C@H]2CCCC[C@@H]2C1)NCc1ccc(Cl)cc1. The van der Waals surface area contributed by atoms with E-state index in [0.717, 1.165) is 29.0 Å². The second-order valence-corrected chi connectivity index (χ2v) is 7.31. The standard InChI is InChI=1S/C18H25ClN2O/c19-17-7-5-14(6-8-17)11-20-18(22)13-21-10-9-15-3-1-2-4-16(15)12-21/h5-8,15-16H,1-4,9-13H2,(H,20,22)/p+1/t15-,16-/m1/s1. The highest BCUT2D eigenvalue weighted by Gasteiger charge is 2.34. The summed E-state index contributed by atoms with van der Waals surface area (Å²) in [6.07, 6.45) is 6.90. The van der Waals surface area contributed by atoms with Gasteiger partial charge in [0.1, 0.15) is 0 Å². The van der Waals surface area contributed by atoms with Crippen LogP contribution in [0.4, 0.5) is 0 Å². The molecule has 3 atom stereocenters. The van der Waals surface area contributed by atoms with Crippen molar-refractivity contribution in [3.8, 4) is 0 Å². The Kier molecular flexibility index (Phi) is 5.37. The quantitative estimate of drug-likeness (QED) is 0.874. The molecule has 1 saturated heterocycles. The van der Waals surface area contributed by atoms with Crippen molar-refractivity contribution in [2.45, 2.75) is 38.6 Å². The maximum absolute atomic E-state index is 12.2. The van der Waals surface area contributed by atoms with Crippen LogP contribution in [-0.4, -0.2) is 25.5 Å². The number of halogens is 1. The average molecular weight is 322 g/mol. The Hall–Kier alpha value is -1.06. The minimum atomic E-state index is 0.166. The van der Waals surface area contributed by atoms with E-state index < -0.39 is 0 Å². The van der Waals surface area contributed by atoms with Crippen molar-refractivity contribution < 1.29 is 9.69 Å². The molecule has 1 unspecified atom stereocenters. The normalized spacial score (nSPS) is 28.0. The van der Waals surface area contributed by atoms with E-state index in [1.54, 1.807) is 0 Å². The van der Waals surface area contributed by atoms with Gasteiger partial charge in [0.15, 0.2) is 6.54 Å². The van der Waals surface area contributed by atoms with E-state index in [1.165, 1.54) is 43.5 Å². The first-order valence-corrected chi connectivity index (χ1v) is 8.93. The number of benzene rings is 1. The smallest absolute Gasteiger partial charge is 0.275 e. The topological polar surface area (TPSA) is 33.5 Å². The van der Waals surface area contributed by atoms with Gasteiger partial charge >= 0.3 is 0 Å². The Balaban J connectivity index is 1.42. The first-order chi connectivity index (χ1) is 10.7. The molecule has 0 aromatic heterocycles. The maximum Gasteiger partial charge on any atom is 0.275 e. The van der Waals surface area contributed by atoms with E-state index in [-0.39, 0.29) is 5.91 Å². The van der Waals surface area contributed by atoms with Crippen LogP contribution in [0.25, 0.3) is 0 Å². The van der Waals surface area contributed by atoms with E-state index in [9.17, 15) is 4.79 Å². The van der Waals surface area contributed by atoms with Gasteiger partial charge in [-0.15, -0.1) is 0 Å². The first kappa shape index (κ1) is 15.8. The zero-order valence-corrected chi connectivity index (χ0v) is 13.9. The monoisotopic (exact) mass is 321 g/mol. The van der Waals surface area contributed by atoms with Crippen LogP contribution in [0.2, 0.25) is 5.02 Å². The predicted molar refractivity (Wildman–Crippen MR) is 88.9 cm³/mol. The Morgan fingerprint density at radius 1 is 1.14 bits per heavy atom. The minimum Gasteiger partial charge on any atom is -0.347 e. The van der Waals surface area contributed by atoms with Crippen molar-refractivity contribution in [1.29, 1.82) is 0 Å². The summed E-state index contributed by atoms with van der Waals surface area (Å²) in [6.45, 7) is 3.57. The fraction of sp³-hybridized carbons (Fsp3) is 0.611. The molecule has 1 amide bonds. The molecule has 2 fully saturated rings. The molecule has 4 heteroatoms. The van der Waals surface area contributed by atoms with E-state index in [4.69, 9.17) is 11.6 Å². The number of fused-ring (bicyclic) bond motifs is 1. The van der Waals surface area contributed by atoms with Crippen molar-refractivity contribution in [3.63, 3.8) is 0 Å². The van der Waals surface area contributed by atoms with Crippen LogP contribution in [0.5, 0.6) is 0 Å². The van der Waals surface area contributed by atoms with Crippen LogP contribution in [-0.2, 0) is 11.3 Å². The van der Waals surface area contributed by atoms with Crippen LogP contribution < -0.4 is 10.2 Å². The largest absolute Gasteiger partial charge is 0.347 e. The molecule has 1 aromatic carbocycles. The lowest BCUT2D eigenvalue weighted by Gasteiger charge is -2.38. The van der Waals surface area contributed by atoms with Gasteiger partial charge < -0.3 is 10.2 Å². The first-order valence-electron chi connectivity index (χ1n) is 8.55.